The molecule has 0 amide bonds. The number of rotatable bonds is 2. The molecule has 2 unspecified atom stereocenters. The van der Waals surface area contributed by atoms with Crippen LogP contribution in [0.3, 0.4) is 0 Å². The van der Waals surface area contributed by atoms with Gasteiger partial charge in [-0.15, -0.1) is 0 Å². The van der Waals surface area contributed by atoms with E-state index in [2.05, 4.69) is 5.32 Å². The molecule has 0 aromatic heterocycles. The van der Waals surface area contributed by atoms with Gasteiger partial charge in [0.15, 0.2) is 9.84 Å². The fourth-order valence-electron chi connectivity index (χ4n) is 1.98. The SMILES string of the molecule is Cc1ccc(NC2CS(=O)(=O)CC2O)c(N)c1. The summed E-state index contributed by atoms with van der Waals surface area (Å²) in [5.74, 6) is -0.238. The zero-order valence-corrected chi connectivity index (χ0v) is 10.4. The number of aryl methyl sites for hydroxylation is 1. The van der Waals surface area contributed by atoms with Crippen molar-refractivity contribution in [2.24, 2.45) is 0 Å². The Morgan fingerprint density at radius 3 is 2.65 bits per heavy atom. The Bertz CT molecular complexity index is 528. The first-order chi connectivity index (χ1) is 7.87. The summed E-state index contributed by atoms with van der Waals surface area (Å²) in [5, 5.41) is 12.6. The van der Waals surface area contributed by atoms with Gasteiger partial charge in [0.2, 0.25) is 0 Å². The minimum atomic E-state index is -3.14. The van der Waals surface area contributed by atoms with Crippen molar-refractivity contribution >= 4 is 21.2 Å². The summed E-state index contributed by atoms with van der Waals surface area (Å²) < 4.78 is 22.7. The van der Waals surface area contributed by atoms with Crippen LogP contribution in [0.5, 0.6) is 0 Å². The average Bonchev–Trinajstić information content (AvgIpc) is 2.44. The Balaban J connectivity index is 2.17. The number of aliphatic hydroxyl groups is 1. The lowest BCUT2D eigenvalue weighted by atomic mass is 10.1. The Labute approximate surface area is 101 Å². The maximum absolute atomic E-state index is 11.3. The third-order valence-electron chi connectivity index (χ3n) is 2.87. The maximum Gasteiger partial charge on any atom is 0.155 e. The molecule has 1 aromatic rings. The van der Waals surface area contributed by atoms with Crippen LogP contribution in [0.15, 0.2) is 18.2 Å². The summed E-state index contributed by atoms with van der Waals surface area (Å²) >= 11 is 0. The highest BCUT2D eigenvalue weighted by Crippen LogP contribution is 2.23. The van der Waals surface area contributed by atoms with Crippen LogP contribution in [0.25, 0.3) is 0 Å². The minimum Gasteiger partial charge on any atom is -0.397 e. The molecular weight excluding hydrogens is 240 g/mol. The van der Waals surface area contributed by atoms with Gasteiger partial charge in [-0.2, -0.15) is 0 Å². The fourth-order valence-corrected chi connectivity index (χ4v) is 3.72. The van der Waals surface area contributed by atoms with Gasteiger partial charge in [-0.05, 0) is 24.6 Å². The van der Waals surface area contributed by atoms with E-state index in [0.717, 1.165) is 5.56 Å². The first kappa shape index (κ1) is 12.2. The number of nitrogens with one attached hydrogen (secondary N) is 1. The van der Waals surface area contributed by atoms with Crippen molar-refractivity contribution in [3.8, 4) is 0 Å². The van der Waals surface area contributed by atoms with E-state index in [1.54, 1.807) is 12.1 Å². The van der Waals surface area contributed by atoms with Crippen LogP contribution in [0, 0.1) is 6.92 Å². The zero-order chi connectivity index (χ0) is 12.6. The molecule has 5 nitrogen and oxygen atoms in total. The molecule has 0 radical (unpaired) electrons. The molecule has 6 heteroatoms. The number of nitrogens with two attached hydrogens (primary N) is 1. The van der Waals surface area contributed by atoms with Crippen LogP contribution in [-0.2, 0) is 9.84 Å². The third kappa shape index (κ3) is 2.70. The second-order valence-electron chi connectivity index (χ2n) is 4.49. The number of sulfone groups is 1. The maximum atomic E-state index is 11.3. The van der Waals surface area contributed by atoms with Gasteiger partial charge in [-0.1, -0.05) is 6.07 Å². The lowest BCUT2D eigenvalue weighted by Crippen LogP contribution is -2.32. The molecule has 0 saturated carbocycles. The Morgan fingerprint density at radius 2 is 2.12 bits per heavy atom. The number of benzene rings is 1. The molecule has 4 N–H and O–H groups in total. The predicted molar refractivity (Wildman–Crippen MR) is 67.7 cm³/mol. The van der Waals surface area contributed by atoms with Crippen molar-refractivity contribution < 1.29 is 13.5 Å². The average molecular weight is 256 g/mol. The topological polar surface area (TPSA) is 92.4 Å². The number of aliphatic hydroxyl groups excluding tert-OH is 1. The van der Waals surface area contributed by atoms with Gasteiger partial charge in [0.1, 0.15) is 0 Å². The predicted octanol–water partition coefficient (Wildman–Crippen LogP) is 0.147. The van der Waals surface area contributed by atoms with Crippen LogP contribution < -0.4 is 11.1 Å². The molecule has 0 bridgehead atoms. The van der Waals surface area contributed by atoms with Crippen molar-refractivity contribution in [3.05, 3.63) is 23.8 Å². The number of hydrogen-bond acceptors (Lipinski definition) is 5. The van der Waals surface area contributed by atoms with E-state index in [1.807, 2.05) is 13.0 Å². The Hall–Kier alpha value is -1.27. The van der Waals surface area contributed by atoms with Crippen molar-refractivity contribution in [1.82, 2.24) is 0 Å². The summed E-state index contributed by atoms with van der Waals surface area (Å²) in [4.78, 5) is 0. The Morgan fingerprint density at radius 1 is 1.41 bits per heavy atom. The molecule has 1 saturated heterocycles. The molecule has 2 atom stereocenters. The molecule has 17 heavy (non-hydrogen) atoms. The number of nitrogen functional groups attached to an aromatic ring is 1. The second-order valence-corrected chi connectivity index (χ2v) is 6.64. The molecule has 1 fully saturated rings. The van der Waals surface area contributed by atoms with Crippen LogP contribution in [-0.4, -0.2) is 37.2 Å². The first-order valence-electron chi connectivity index (χ1n) is 5.38. The monoisotopic (exact) mass is 256 g/mol. The first-order valence-corrected chi connectivity index (χ1v) is 7.21. The highest BCUT2D eigenvalue weighted by Gasteiger charge is 2.36. The van der Waals surface area contributed by atoms with E-state index >= 15 is 0 Å². The van der Waals surface area contributed by atoms with E-state index in [4.69, 9.17) is 5.73 Å². The van der Waals surface area contributed by atoms with Gasteiger partial charge < -0.3 is 16.2 Å². The zero-order valence-electron chi connectivity index (χ0n) is 9.55. The van der Waals surface area contributed by atoms with Crippen molar-refractivity contribution in [1.29, 1.82) is 0 Å². The van der Waals surface area contributed by atoms with Crippen LogP contribution in [0.1, 0.15) is 5.56 Å². The quantitative estimate of drug-likeness (QED) is 0.655. The summed E-state index contributed by atoms with van der Waals surface area (Å²) in [6.07, 6.45) is -0.874. The highest BCUT2D eigenvalue weighted by molar-refractivity contribution is 7.91. The number of anilines is 2. The van der Waals surface area contributed by atoms with E-state index < -0.39 is 22.0 Å². The van der Waals surface area contributed by atoms with Crippen LogP contribution in [0.2, 0.25) is 0 Å². The summed E-state index contributed by atoms with van der Waals surface area (Å²) in [5.41, 5.74) is 8.07. The molecule has 0 spiro atoms. The lowest BCUT2D eigenvalue weighted by molar-refractivity contribution is 0.190. The highest BCUT2D eigenvalue weighted by atomic mass is 32.2. The number of hydrogen-bond donors (Lipinski definition) is 3. The van der Waals surface area contributed by atoms with E-state index in [9.17, 15) is 13.5 Å². The summed E-state index contributed by atoms with van der Waals surface area (Å²) in [6, 6.07) is 5.00. The van der Waals surface area contributed by atoms with E-state index in [0.29, 0.717) is 11.4 Å². The molecule has 1 heterocycles. The van der Waals surface area contributed by atoms with Crippen molar-refractivity contribution in [2.75, 3.05) is 22.6 Å². The van der Waals surface area contributed by atoms with Crippen molar-refractivity contribution in [3.63, 3.8) is 0 Å². The van der Waals surface area contributed by atoms with Gasteiger partial charge in [0.05, 0.1) is 35.0 Å². The molecule has 0 aliphatic carbocycles. The van der Waals surface area contributed by atoms with Gasteiger partial charge in [-0.3, -0.25) is 0 Å². The van der Waals surface area contributed by atoms with Gasteiger partial charge in [0.25, 0.3) is 0 Å². The van der Waals surface area contributed by atoms with Gasteiger partial charge >= 0.3 is 0 Å². The van der Waals surface area contributed by atoms with E-state index in [1.165, 1.54) is 0 Å². The smallest absolute Gasteiger partial charge is 0.155 e. The Kier molecular flexibility index (Phi) is 3.01. The largest absolute Gasteiger partial charge is 0.397 e. The summed E-state index contributed by atoms with van der Waals surface area (Å²) in [6.45, 7) is 1.93. The van der Waals surface area contributed by atoms with Gasteiger partial charge in [-0.25, -0.2) is 8.42 Å². The van der Waals surface area contributed by atoms with E-state index in [-0.39, 0.29) is 11.5 Å². The second kappa shape index (κ2) is 4.19. The molecular formula is C11H16N2O3S. The molecule has 1 aromatic carbocycles. The molecule has 94 valence electrons. The van der Waals surface area contributed by atoms with Gasteiger partial charge in [0, 0.05) is 0 Å². The third-order valence-corrected chi connectivity index (χ3v) is 4.59. The van der Waals surface area contributed by atoms with Crippen LogP contribution >= 0.6 is 0 Å². The fraction of sp³-hybridized carbons (Fsp3) is 0.455. The molecule has 1 aliphatic heterocycles. The summed E-state index contributed by atoms with van der Waals surface area (Å²) in [7, 11) is -3.14. The molecule has 2 rings (SSSR count). The van der Waals surface area contributed by atoms with Crippen molar-refractivity contribution in [2.45, 2.75) is 19.1 Å². The molecule has 1 aliphatic rings. The standard InChI is InChI=1S/C11H16N2O3S/c1-7-2-3-9(8(12)4-7)13-10-5-17(15,16)6-11(10)14/h2-4,10-11,13-14H,5-6,12H2,1H3. The van der Waals surface area contributed by atoms with Crippen LogP contribution in [0.4, 0.5) is 11.4 Å². The minimum absolute atomic E-state index is 0.0541. The lowest BCUT2D eigenvalue weighted by Gasteiger charge is -2.17. The normalized spacial score (nSPS) is 26.9.